The van der Waals surface area contributed by atoms with Gasteiger partial charge >= 0.3 is 5.97 Å². The Kier molecular flexibility index (Phi) is 4.58. The molecule has 1 unspecified atom stereocenters. The SMILES string of the molecule is CC(CC(=O)O)S(=O)(=O)c1ccc2c(c1)NC(=O)CCS2. The van der Waals surface area contributed by atoms with Crippen molar-refractivity contribution >= 4 is 39.2 Å². The van der Waals surface area contributed by atoms with Crippen LogP contribution in [0, 0.1) is 0 Å². The molecule has 1 atom stereocenters. The van der Waals surface area contributed by atoms with Gasteiger partial charge in [-0.05, 0) is 25.1 Å². The first kappa shape index (κ1) is 15.8. The van der Waals surface area contributed by atoms with Gasteiger partial charge in [-0.3, -0.25) is 9.59 Å². The van der Waals surface area contributed by atoms with Crippen LogP contribution in [0.25, 0.3) is 0 Å². The van der Waals surface area contributed by atoms with E-state index in [-0.39, 0.29) is 10.8 Å². The Balaban J connectivity index is 2.37. The molecule has 1 aromatic carbocycles. The monoisotopic (exact) mass is 329 g/mol. The van der Waals surface area contributed by atoms with Crippen molar-refractivity contribution in [2.75, 3.05) is 11.1 Å². The zero-order valence-electron chi connectivity index (χ0n) is 11.3. The summed E-state index contributed by atoms with van der Waals surface area (Å²) in [5, 5.41) is 10.4. The lowest BCUT2D eigenvalue weighted by atomic mass is 10.3. The molecular weight excluding hydrogens is 314 g/mol. The number of fused-ring (bicyclic) bond motifs is 1. The van der Waals surface area contributed by atoms with E-state index in [2.05, 4.69) is 5.32 Å². The van der Waals surface area contributed by atoms with Gasteiger partial charge in [-0.2, -0.15) is 0 Å². The molecule has 0 fully saturated rings. The Hall–Kier alpha value is -1.54. The van der Waals surface area contributed by atoms with Crippen molar-refractivity contribution in [3.63, 3.8) is 0 Å². The van der Waals surface area contributed by atoms with Gasteiger partial charge in [-0.15, -0.1) is 11.8 Å². The molecule has 0 saturated heterocycles. The van der Waals surface area contributed by atoms with Crippen LogP contribution in [-0.4, -0.2) is 36.4 Å². The molecule has 0 bridgehead atoms. The molecular formula is C13H15NO5S2. The lowest BCUT2D eigenvalue weighted by molar-refractivity contribution is -0.137. The second kappa shape index (κ2) is 6.07. The molecule has 1 aromatic rings. The highest BCUT2D eigenvalue weighted by Gasteiger charge is 2.27. The van der Waals surface area contributed by atoms with Crippen molar-refractivity contribution in [2.24, 2.45) is 0 Å². The number of nitrogens with one attached hydrogen (secondary N) is 1. The maximum absolute atomic E-state index is 12.3. The number of hydrogen-bond donors (Lipinski definition) is 2. The van der Waals surface area contributed by atoms with Gasteiger partial charge < -0.3 is 10.4 Å². The number of anilines is 1. The van der Waals surface area contributed by atoms with Crippen LogP contribution >= 0.6 is 11.8 Å². The van der Waals surface area contributed by atoms with E-state index in [0.717, 1.165) is 4.90 Å². The van der Waals surface area contributed by atoms with Crippen LogP contribution in [0.2, 0.25) is 0 Å². The first-order valence-corrected chi connectivity index (χ1v) is 8.86. The molecule has 2 rings (SSSR count). The van der Waals surface area contributed by atoms with Crippen LogP contribution in [0.1, 0.15) is 19.8 Å². The quantitative estimate of drug-likeness (QED) is 0.873. The third-order valence-corrected chi connectivity index (χ3v) is 6.34. The summed E-state index contributed by atoms with van der Waals surface area (Å²) in [5.74, 6) is -0.681. The van der Waals surface area contributed by atoms with Crippen LogP contribution < -0.4 is 5.32 Å². The summed E-state index contributed by atoms with van der Waals surface area (Å²) in [6.07, 6.45) is -0.0859. The van der Waals surface area contributed by atoms with E-state index in [0.29, 0.717) is 17.9 Å². The molecule has 0 aromatic heterocycles. The largest absolute Gasteiger partial charge is 0.481 e. The number of carbonyl (C=O) groups excluding carboxylic acids is 1. The Morgan fingerprint density at radius 1 is 1.48 bits per heavy atom. The standard InChI is InChI=1S/C13H15NO5S2/c1-8(6-13(16)17)21(18,19)9-2-3-11-10(7-9)14-12(15)4-5-20-11/h2-3,7-8H,4-6H2,1H3,(H,14,15)(H,16,17). The van der Waals surface area contributed by atoms with Gasteiger partial charge in [0.1, 0.15) is 0 Å². The predicted octanol–water partition coefficient (Wildman–Crippen LogP) is 1.76. The minimum absolute atomic E-state index is 0.0257. The molecule has 1 aliphatic heterocycles. The highest BCUT2D eigenvalue weighted by atomic mass is 32.2. The summed E-state index contributed by atoms with van der Waals surface area (Å²) in [7, 11) is -3.74. The lowest BCUT2D eigenvalue weighted by Gasteiger charge is -2.13. The Morgan fingerprint density at radius 2 is 2.19 bits per heavy atom. The highest BCUT2D eigenvalue weighted by molar-refractivity contribution is 7.99. The normalized spacial score (nSPS) is 16.5. The average molecular weight is 329 g/mol. The smallest absolute Gasteiger partial charge is 0.304 e. The van der Waals surface area contributed by atoms with Crippen molar-refractivity contribution in [1.82, 2.24) is 0 Å². The molecule has 1 amide bonds. The zero-order valence-corrected chi connectivity index (χ0v) is 13.0. The number of aliphatic carboxylic acids is 1. The van der Waals surface area contributed by atoms with E-state index in [9.17, 15) is 18.0 Å². The second-order valence-electron chi connectivity index (χ2n) is 4.76. The van der Waals surface area contributed by atoms with E-state index in [1.807, 2.05) is 0 Å². The number of amides is 1. The summed E-state index contributed by atoms with van der Waals surface area (Å²) < 4.78 is 24.7. The fraction of sp³-hybridized carbons (Fsp3) is 0.385. The van der Waals surface area contributed by atoms with E-state index >= 15 is 0 Å². The van der Waals surface area contributed by atoms with Crippen molar-refractivity contribution in [3.05, 3.63) is 18.2 Å². The van der Waals surface area contributed by atoms with E-state index in [4.69, 9.17) is 5.11 Å². The lowest BCUT2D eigenvalue weighted by Crippen LogP contribution is -2.21. The first-order chi connectivity index (χ1) is 9.80. The molecule has 0 aliphatic carbocycles. The Bertz CT molecular complexity index is 684. The molecule has 2 N–H and O–H groups in total. The van der Waals surface area contributed by atoms with Gasteiger partial charge in [0.2, 0.25) is 5.91 Å². The van der Waals surface area contributed by atoms with Gasteiger partial charge in [0.05, 0.1) is 22.3 Å². The number of sulfone groups is 1. The van der Waals surface area contributed by atoms with E-state index in [1.54, 1.807) is 6.07 Å². The van der Waals surface area contributed by atoms with Crippen LogP contribution in [0.3, 0.4) is 0 Å². The average Bonchev–Trinajstić information content (AvgIpc) is 2.57. The minimum atomic E-state index is -3.74. The maximum Gasteiger partial charge on any atom is 0.304 e. The number of carbonyl (C=O) groups is 2. The number of hydrogen-bond acceptors (Lipinski definition) is 5. The van der Waals surface area contributed by atoms with Crippen molar-refractivity contribution in [1.29, 1.82) is 0 Å². The van der Waals surface area contributed by atoms with Crippen LogP contribution in [0.5, 0.6) is 0 Å². The number of thioether (sulfide) groups is 1. The third kappa shape index (κ3) is 3.56. The van der Waals surface area contributed by atoms with E-state index < -0.39 is 27.5 Å². The summed E-state index contributed by atoms with van der Waals surface area (Å²) in [4.78, 5) is 23.1. The molecule has 6 nitrogen and oxygen atoms in total. The van der Waals surface area contributed by atoms with Crippen LogP contribution in [0.15, 0.2) is 28.0 Å². The summed E-state index contributed by atoms with van der Waals surface area (Å²) >= 11 is 1.48. The predicted molar refractivity (Wildman–Crippen MR) is 79.3 cm³/mol. The Morgan fingerprint density at radius 3 is 2.86 bits per heavy atom. The van der Waals surface area contributed by atoms with Crippen molar-refractivity contribution in [2.45, 2.75) is 34.8 Å². The Labute approximate surface area is 126 Å². The molecule has 114 valence electrons. The second-order valence-corrected chi connectivity index (χ2v) is 8.26. The summed E-state index contributed by atoms with van der Waals surface area (Å²) in [6, 6.07) is 4.50. The molecule has 0 saturated carbocycles. The number of carboxylic acid groups (broad SMARTS) is 1. The van der Waals surface area contributed by atoms with Crippen LogP contribution in [-0.2, 0) is 19.4 Å². The molecule has 1 heterocycles. The van der Waals surface area contributed by atoms with Gasteiger partial charge in [0.25, 0.3) is 0 Å². The minimum Gasteiger partial charge on any atom is -0.481 e. The first-order valence-electron chi connectivity index (χ1n) is 6.33. The van der Waals surface area contributed by atoms with Crippen molar-refractivity contribution in [3.8, 4) is 0 Å². The van der Waals surface area contributed by atoms with Gasteiger partial charge in [0, 0.05) is 17.1 Å². The fourth-order valence-corrected chi connectivity index (χ4v) is 4.27. The van der Waals surface area contributed by atoms with Crippen molar-refractivity contribution < 1.29 is 23.1 Å². The molecule has 8 heteroatoms. The van der Waals surface area contributed by atoms with E-state index in [1.165, 1.54) is 30.8 Å². The third-order valence-electron chi connectivity index (χ3n) is 3.13. The molecule has 1 aliphatic rings. The number of benzene rings is 1. The topological polar surface area (TPSA) is 101 Å². The molecule has 21 heavy (non-hydrogen) atoms. The number of rotatable bonds is 4. The fourth-order valence-electron chi connectivity index (χ4n) is 1.96. The zero-order chi connectivity index (χ0) is 15.6. The number of carboxylic acids is 1. The summed E-state index contributed by atoms with van der Waals surface area (Å²) in [5.41, 5.74) is 0.464. The summed E-state index contributed by atoms with van der Waals surface area (Å²) in [6.45, 7) is 1.36. The highest BCUT2D eigenvalue weighted by Crippen LogP contribution is 2.33. The van der Waals surface area contributed by atoms with Gasteiger partial charge in [0.15, 0.2) is 9.84 Å². The van der Waals surface area contributed by atoms with Gasteiger partial charge in [-0.1, -0.05) is 0 Å². The van der Waals surface area contributed by atoms with Gasteiger partial charge in [-0.25, -0.2) is 8.42 Å². The van der Waals surface area contributed by atoms with Crippen LogP contribution in [0.4, 0.5) is 5.69 Å². The maximum atomic E-state index is 12.3. The molecule has 0 spiro atoms. The molecule has 0 radical (unpaired) electrons.